The van der Waals surface area contributed by atoms with Gasteiger partial charge in [-0.3, -0.25) is 9.36 Å². The molecule has 2 aromatic heterocycles. The zero-order valence-corrected chi connectivity index (χ0v) is 15.5. The van der Waals surface area contributed by atoms with Gasteiger partial charge in [0.2, 0.25) is 5.78 Å². The highest BCUT2D eigenvalue weighted by atomic mass is 35.5. The van der Waals surface area contributed by atoms with Crippen molar-refractivity contribution in [3.05, 3.63) is 69.2 Å². The van der Waals surface area contributed by atoms with Crippen molar-refractivity contribution < 1.29 is 18.7 Å². The van der Waals surface area contributed by atoms with Crippen molar-refractivity contribution >= 4 is 34.7 Å². The standard InChI is InChI=1S/C18H14ClFN2O3S/c1-10-8-12(11(2)22(10)18-21-6-7-26-18)15(23)9-25-17(24)16-13(19)4-3-5-14(16)20/h3-8H,9H2,1-2H3. The Labute approximate surface area is 158 Å². The van der Waals surface area contributed by atoms with Crippen molar-refractivity contribution in [3.63, 3.8) is 0 Å². The van der Waals surface area contributed by atoms with Gasteiger partial charge in [-0.05, 0) is 32.0 Å². The quantitative estimate of drug-likeness (QED) is 0.477. The highest BCUT2D eigenvalue weighted by molar-refractivity contribution is 7.12. The van der Waals surface area contributed by atoms with E-state index in [1.54, 1.807) is 19.2 Å². The summed E-state index contributed by atoms with van der Waals surface area (Å²) in [6.45, 7) is 3.14. The van der Waals surface area contributed by atoms with Crippen molar-refractivity contribution in [2.75, 3.05) is 6.61 Å². The van der Waals surface area contributed by atoms with Crippen molar-refractivity contribution in [2.45, 2.75) is 13.8 Å². The molecule has 5 nitrogen and oxygen atoms in total. The average Bonchev–Trinajstić information content (AvgIpc) is 3.20. The van der Waals surface area contributed by atoms with Crippen LogP contribution in [0.25, 0.3) is 5.13 Å². The molecule has 26 heavy (non-hydrogen) atoms. The number of hydrogen-bond donors (Lipinski definition) is 0. The third kappa shape index (κ3) is 3.40. The van der Waals surface area contributed by atoms with Crippen LogP contribution in [0, 0.1) is 19.7 Å². The second-order valence-electron chi connectivity index (χ2n) is 5.53. The first-order valence-electron chi connectivity index (χ1n) is 7.63. The molecular weight excluding hydrogens is 379 g/mol. The summed E-state index contributed by atoms with van der Waals surface area (Å²) in [6.07, 6.45) is 1.68. The molecule has 8 heteroatoms. The van der Waals surface area contributed by atoms with Crippen molar-refractivity contribution in [3.8, 4) is 5.13 Å². The fraction of sp³-hybridized carbons (Fsp3) is 0.167. The van der Waals surface area contributed by atoms with Crippen molar-refractivity contribution in [2.24, 2.45) is 0 Å². The Balaban J connectivity index is 1.77. The van der Waals surface area contributed by atoms with E-state index in [2.05, 4.69) is 4.98 Å². The van der Waals surface area contributed by atoms with Crippen LogP contribution in [-0.2, 0) is 4.74 Å². The molecule has 0 aliphatic heterocycles. The number of carbonyl (C=O) groups excluding carboxylic acids is 2. The molecule has 2 heterocycles. The van der Waals surface area contributed by atoms with Crippen molar-refractivity contribution in [1.29, 1.82) is 0 Å². The minimum Gasteiger partial charge on any atom is -0.454 e. The van der Waals surface area contributed by atoms with E-state index in [9.17, 15) is 14.0 Å². The van der Waals surface area contributed by atoms with E-state index in [1.807, 2.05) is 16.9 Å². The molecule has 0 atom stereocenters. The van der Waals surface area contributed by atoms with Crippen LogP contribution in [-0.4, -0.2) is 27.9 Å². The van der Waals surface area contributed by atoms with Gasteiger partial charge in [0.25, 0.3) is 0 Å². The highest BCUT2D eigenvalue weighted by Crippen LogP contribution is 2.23. The first-order valence-corrected chi connectivity index (χ1v) is 8.89. The number of rotatable bonds is 5. The number of hydrogen-bond acceptors (Lipinski definition) is 5. The maximum Gasteiger partial charge on any atom is 0.343 e. The molecule has 0 amide bonds. The third-order valence-electron chi connectivity index (χ3n) is 3.84. The Bertz CT molecular complexity index is 962. The van der Waals surface area contributed by atoms with Crippen LogP contribution < -0.4 is 0 Å². The van der Waals surface area contributed by atoms with Gasteiger partial charge in [-0.1, -0.05) is 17.7 Å². The van der Waals surface area contributed by atoms with Crippen LogP contribution >= 0.6 is 22.9 Å². The lowest BCUT2D eigenvalue weighted by Crippen LogP contribution is -2.16. The van der Waals surface area contributed by atoms with E-state index in [0.29, 0.717) is 11.3 Å². The summed E-state index contributed by atoms with van der Waals surface area (Å²) in [5.74, 6) is -2.16. The molecule has 0 N–H and O–H groups in total. The summed E-state index contributed by atoms with van der Waals surface area (Å²) in [7, 11) is 0. The van der Waals surface area contributed by atoms with Gasteiger partial charge in [-0.15, -0.1) is 11.3 Å². The van der Waals surface area contributed by atoms with E-state index in [4.69, 9.17) is 16.3 Å². The number of aromatic nitrogens is 2. The van der Waals surface area contributed by atoms with Gasteiger partial charge in [0.05, 0.1) is 5.02 Å². The van der Waals surface area contributed by atoms with E-state index in [-0.39, 0.29) is 16.4 Å². The Morgan fingerprint density at radius 1 is 1.35 bits per heavy atom. The molecule has 3 aromatic rings. The second-order valence-corrected chi connectivity index (χ2v) is 6.81. The normalized spacial score (nSPS) is 10.8. The summed E-state index contributed by atoms with van der Waals surface area (Å²) in [4.78, 5) is 28.8. The number of thiazole rings is 1. The van der Waals surface area contributed by atoms with Gasteiger partial charge in [-0.25, -0.2) is 14.2 Å². The lowest BCUT2D eigenvalue weighted by molar-refractivity contribution is 0.0470. The van der Waals surface area contributed by atoms with Crippen LogP contribution in [0.4, 0.5) is 4.39 Å². The number of Topliss-reactive ketones (excluding diaryl/α,β-unsaturated/α-hetero) is 1. The number of aryl methyl sites for hydroxylation is 1. The SMILES string of the molecule is Cc1cc(C(=O)COC(=O)c2c(F)cccc2Cl)c(C)n1-c1nccs1. The van der Waals surface area contributed by atoms with Gasteiger partial charge in [0.1, 0.15) is 11.4 Å². The lowest BCUT2D eigenvalue weighted by atomic mass is 10.1. The largest absolute Gasteiger partial charge is 0.454 e. The van der Waals surface area contributed by atoms with Gasteiger partial charge in [0, 0.05) is 28.5 Å². The Hall–Kier alpha value is -2.51. The number of ketones is 1. The van der Waals surface area contributed by atoms with Crippen LogP contribution in [0.3, 0.4) is 0 Å². The number of benzene rings is 1. The predicted octanol–water partition coefficient (Wildman–Crippen LogP) is 4.38. The van der Waals surface area contributed by atoms with Gasteiger partial charge in [0.15, 0.2) is 11.7 Å². The van der Waals surface area contributed by atoms with Crippen LogP contribution in [0.2, 0.25) is 5.02 Å². The number of halogens is 2. The maximum atomic E-state index is 13.7. The van der Waals surface area contributed by atoms with Crippen LogP contribution in [0.5, 0.6) is 0 Å². The molecule has 0 saturated carbocycles. The van der Waals surface area contributed by atoms with Crippen molar-refractivity contribution in [1.82, 2.24) is 9.55 Å². The van der Waals surface area contributed by atoms with Crippen LogP contribution in [0.1, 0.15) is 32.1 Å². The third-order valence-corrected chi connectivity index (χ3v) is 4.91. The zero-order valence-electron chi connectivity index (χ0n) is 14.0. The molecule has 1 aromatic carbocycles. The van der Waals surface area contributed by atoms with E-state index >= 15 is 0 Å². The molecule has 0 spiro atoms. The van der Waals surface area contributed by atoms with Gasteiger partial charge >= 0.3 is 5.97 Å². The number of ether oxygens (including phenoxy) is 1. The number of nitrogens with zero attached hydrogens (tertiary/aromatic N) is 2. The fourth-order valence-corrected chi connectivity index (χ4v) is 3.63. The van der Waals surface area contributed by atoms with Crippen LogP contribution in [0.15, 0.2) is 35.8 Å². The first-order chi connectivity index (χ1) is 12.4. The molecule has 0 unspecified atom stereocenters. The van der Waals surface area contributed by atoms with E-state index in [0.717, 1.165) is 16.9 Å². The Morgan fingerprint density at radius 2 is 2.12 bits per heavy atom. The lowest BCUT2D eigenvalue weighted by Gasteiger charge is -2.07. The smallest absolute Gasteiger partial charge is 0.343 e. The maximum absolute atomic E-state index is 13.7. The predicted molar refractivity (Wildman–Crippen MR) is 96.9 cm³/mol. The fourth-order valence-electron chi connectivity index (χ4n) is 2.64. The van der Waals surface area contributed by atoms with Gasteiger partial charge in [-0.2, -0.15) is 0 Å². The minimum absolute atomic E-state index is 0.0654. The first kappa shape index (κ1) is 18.3. The summed E-state index contributed by atoms with van der Waals surface area (Å²) < 4.78 is 20.6. The summed E-state index contributed by atoms with van der Waals surface area (Å²) in [5.41, 5.74) is 1.58. The molecule has 0 fully saturated rings. The second kappa shape index (κ2) is 7.39. The number of carbonyl (C=O) groups is 2. The Kier molecular flexibility index (Phi) is 5.20. The molecule has 0 radical (unpaired) electrons. The summed E-state index contributed by atoms with van der Waals surface area (Å²) >= 11 is 7.28. The summed E-state index contributed by atoms with van der Waals surface area (Å²) in [5, 5.41) is 2.52. The molecular formula is C18H14ClFN2O3S. The molecule has 0 saturated heterocycles. The average molecular weight is 393 g/mol. The monoisotopic (exact) mass is 392 g/mol. The molecule has 3 rings (SSSR count). The topological polar surface area (TPSA) is 61.2 Å². The van der Waals surface area contributed by atoms with Gasteiger partial charge < -0.3 is 4.74 Å². The summed E-state index contributed by atoms with van der Waals surface area (Å²) in [6, 6.07) is 5.58. The minimum atomic E-state index is -0.977. The molecule has 0 aliphatic carbocycles. The molecule has 0 aliphatic rings. The molecule has 0 bridgehead atoms. The zero-order chi connectivity index (χ0) is 18.8. The molecule has 134 valence electrons. The highest BCUT2D eigenvalue weighted by Gasteiger charge is 2.21. The number of esters is 1. The van der Waals surface area contributed by atoms with E-state index < -0.39 is 18.4 Å². The van der Waals surface area contributed by atoms with E-state index in [1.165, 1.54) is 23.5 Å². The Morgan fingerprint density at radius 3 is 2.77 bits per heavy atom.